The minimum absolute atomic E-state index is 0.0242. The highest BCUT2D eigenvalue weighted by atomic mass is 35.5. The van der Waals surface area contributed by atoms with Gasteiger partial charge in [-0.2, -0.15) is 0 Å². The molecule has 2 aromatic rings. The number of aliphatic hydroxyl groups excluding tert-OH is 1. The number of hydrogen-bond acceptors (Lipinski definition) is 6. The number of halogens is 1. The molecule has 164 valence electrons. The minimum Gasteiger partial charge on any atom is -0.507 e. The van der Waals surface area contributed by atoms with Crippen LogP contribution in [0.1, 0.15) is 36.7 Å². The number of benzene rings is 1. The van der Waals surface area contributed by atoms with Crippen LogP contribution in [-0.4, -0.2) is 53.0 Å². The van der Waals surface area contributed by atoms with Crippen LogP contribution in [0.5, 0.6) is 5.75 Å². The number of aryl methyl sites for hydroxylation is 1. The number of likely N-dealkylation sites (tertiary alicyclic amines) is 1. The molecule has 1 aromatic carbocycles. The van der Waals surface area contributed by atoms with Gasteiger partial charge in [0.2, 0.25) is 0 Å². The number of nitrogens with zero attached hydrogens (tertiary/aromatic N) is 2. The predicted octanol–water partition coefficient (Wildman–Crippen LogP) is 3.90. The second-order valence-electron chi connectivity index (χ2n) is 7.49. The van der Waals surface area contributed by atoms with Gasteiger partial charge in [-0.05, 0) is 50.6 Å². The molecule has 1 atom stereocenters. The number of ketones is 1. The molecule has 0 spiro atoms. The van der Waals surface area contributed by atoms with Gasteiger partial charge < -0.3 is 19.5 Å². The first-order valence-electron chi connectivity index (χ1n) is 9.91. The molecule has 8 heteroatoms. The molecular weight excluding hydrogens is 420 g/mol. The Morgan fingerprint density at radius 3 is 2.65 bits per heavy atom. The highest BCUT2D eigenvalue weighted by Crippen LogP contribution is 2.42. The Hall–Kier alpha value is -2.90. The van der Waals surface area contributed by atoms with Gasteiger partial charge in [0.15, 0.2) is 0 Å². The lowest BCUT2D eigenvalue weighted by atomic mass is 9.97. The zero-order chi connectivity index (χ0) is 22.7. The summed E-state index contributed by atoms with van der Waals surface area (Å²) in [7, 11) is 1.42. The predicted molar refractivity (Wildman–Crippen MR) is 117 cm³/mol. The third-order valence-electron chi connectivity index (χ3n) is 4.94. The van der Waals surface area contributed by atoms with Crippen LogP contribution < -0.4 is 4.74 Å². The number of aromatic nitrogens is 1. The summed E-state index contributed by atoms with van der Waals surface area (Å²) in [5.74, 6) is -1.65. The monoisotopic (exact) mass is 444 g/mol. The van der Waals surface area contributed by atoms with Crippen LogP contribution in [0.15, 0.2) is 42.1 Å². The van der Waals surface area contributed by atoms with Gasteiger partial charge in [0.25, 0.3) is 11.7 Å². The number of hydrogen-bond donors (Lipinski definition) is 1. The topological polar surface area (TPSA) is 89.0 Å². The Morgan fingerprint density at radius 1 is 1.29 bits per heavy atom. The van der Waals surface area contributed by atoms with Crippen molar-refractivity contribution in [3.63, 3.8) is 0 Å². The number of pyridine rings is 1. The van der Waals surface area contributed by atoms with E-state index in [1.165, 1.54) is 12.0 Å². The van der Waals surface area contributed by atoms with E-state index in [0.717, 1.165) is 5.56 Å². The summed E-state index contributed by atoms with van der Waals surface area (Å²) in [5.41, 5.74) is 1.41. The first-order valence-corrected chi connectivity index (χ1v) is 10.3. The fourth-order valence-corrected chi connectivity index (χ4v) is 3.95. The summed E-state index contributed by atoms with van der Waals surface area (Å²) in [4.78, 5) is 31.6. The summed E-state index contributed by atoms with van der Waals surface area (Å²) in [6.07, 6.45) is 1.55. The average molecular weight is 445 g/mol. The number of carbonyl (C=O) groups is 2. The SMILES string of the molecule is COc1c(Cl)cc(C)cc1/C(O)=C1\C(=O)C(=O)N(CCOC(C)C)C1c1ccccn1. The van der Waals surface area contributed by atoms with Crippen LogP contribution in [0.3, 0.4) is 0 Å². The van der Waals surface area contributed by atoms with Gasteiger partial charge in [-0.15, -0.1) is 0 Å². The Labute approximate surface area is 186 Å². The van der Waals surface area contributed by atoms with E-state index in [4.69, 9.17) is 21.1 Å². The average Bonchev–Trinajstić information content (AvgIpc) is 2.98. The number of methoxy groups -OCH3 is 1. The molecule has 1 N–H and O–H groups in total. The van der Waals surface area contributed by atoms with Crippen molar-refractivity contribution >= 4 is 29.1 Å². The number of carbonyl (C=O) groups excluding carboxylic acids is 2. The summed E-state index contributed by atoms with van der Waals surface area (Å²) >= 11 is 6.28. The zero-order valence-electron chi connectivity index (χ0n) is 17.9. The van der Waals surface area contributed by atoms with E-state index in [1.54, 1.807) is 43.5 Å². The lowest BCUT2D eigenvalue weighted by Gasteiger charge is -2.25. The molecule has 1 amide bonds. The van der Waals surface area contributed by atoms with Crippen molar-refractivity contribution in [3.8, 4) is 5.75 Å². The highest BCUT2D eigenvalue weighted by molar-refractivity contribution is 6.46. The van der Waals surface area contributed by atoms with Crippen molar-refractivity contribution in [1.29, 1.82) is 0 Å². The van der Waals surface area contributed by atoms with Crippen molar-refractivity contribution in [2.45, 2.75) is 32.9 Å². The standard InChI is InChI=1S/C23H25ClN2O5/c1-13(2)31-10-9-26-19(17-7-5-6-8-25-17)18(21(28)23(26)29)20(27)15-11-14(3)12-16(24)22(15)30-4/h5-8,11-13,19,27H,9-10H2,1-4H3/b20-18+. The molecule has 1 aliphatic heterocycles. The third kappa shape index (κ3) is 4.57. The maximum atomic E-state index is 13.0. The van der Waals surface area contributed by atoms with Crippen LogP contribution in [0, 0.1) is 6.92 Å². The molecule has 1 fully saturated rings. The second kappa shape index (κ2) is 9.49. The minimum atomic E-state index is -0.860. The van der Waals surface area contributed by atoms with Gasteiger partial charge in [-0.25, -0.2) is 0 Å². The van der Waals surface area contributed by atoms with Crippen molar-refractivity contribution < 1.29 is 24.2 Å². The van der Waals surface area contributed by atoms with Gasteiger partial charge in [-0.1, -0.05) is 17.7 Å². The summed E-state index contributed by atoms with van der Waals surface area (Å²) < 4.78 is 10.9. The molecule has 7 nitrogen and oxygen atoms in total. The maximum Gasteiger partial charge on any atom is 0.295 e. The molecular formula is C23H25ClN2O5. The van der Waals surface area contributed by atoms with Crippen molar-refractivity contribution in [3.05, 3.63) is 63.9 Å². The van der Waals surface area contributed by atoms with Gasteiger partial charge in [0, 0.05) is 12.7 Å². The number of amides is 1. The first kappa shape index (κ1) is 22.8. The fourth-order valence-electron chi connectivity index (χ4n) is 3.60. The maximum absolute atomic E-state index is 13.0. The van der Waals surface area contributed by atoms with Crippen LogP contribution in [0.2, 0.25) is 5.02 Å². The zero-order valence-corrected chi connectivity index (χ0v) is 18.6. The lowest BCUT2D eigenvalue weighted by Crippen LogP contribution is -2.33. The molecule has 31 heavy (non-hydrogen) atoms. The smallest absolute Gasteiger partial charge is 0.295 e. The number of ether oxygens (including phenoxy) is 2. The molecule has 0 saturated carbocycles. The normalized spacial score (nSPS) is 18.1. The van der Waals surface area contributed by atoms with Crippen LogP contribution in [-0.2, 0) is 14.3 Å². The molecule has 0 radical (unpaired) electrons. The van der Waals surface area contributed by atoms with Crippen LogP contribution in [0.4, 0.5) is 0 Å². The number of aliphatic hydroxyl groups is 1. The largest absolute Gasteiger partial charge is 0.507 e. The molecule has 0 bridgehead atoms. The number of Topliss-reactive ketones (excluding diaryl/α,β-unsaturated/α-hetero) is 1. The van der Waals surface area contributed by atoms with E-state index in [2.05, 4.69) is 4.98 Å². The molecule has 1 saturated heterocycles. The van der Waals surface area contributed by atoms with E-state index < -0.39 is 17.7 Å². The molecule has 1 unspecified atom stereocenters. The van der Waals surface area contributed by atoms with E-state index in [9.17, 15) is 14.7 Å². The quantitative estimate of drug-likeness (QED) is 0.396. The molecule has 0 aliphatic carbocycles. The molecule has 3 rings (SSSR count). The summed E-state index contributed by atoms with van der Waals surface area (Å²) in [5, 5.41) is 11.5. The van der Waals surface area contributed by atoms with E-state index >= 15 is 0 Å². The van der Waals surface area contributed by atoms with E-state index in [-0.39, 0.29) is 46.9 Å². The summed E-state index contributed by atoms with van der Waals surface area (Å²) in [6.45, 7) is 6.00. The molecule has 1 aliphatic rings. The van der Waals surface area contributed by atoms with Crippen LogP contribution >= 0.6 is 11.6 Å². The third-order valence-corrected chi connectivity index (χ3v) is 5.22. The Balaban J connectivity index is 2.17. The number of rotatable bonds is 7. The van der Waals surface area contributed by atoms with E-state index in [1.807, 2.05) is 13.8 Å². The highest BCUT2D eigenvalue weighted by Gasteiger charge is 2.46. The summed E-state index contributed by atoms with van der Waals surface area (Å²) in [6, 6.07) is 7.69. The van der Waals surface area contributed by atoms with Crippen LogP contribution in [0.25, 0.3) is 5.76 Å². The Morgan fingerprint density at radius 2 is 2.03 bits per heavy atom. The second-order valence-corrected chi connectivity index (χ2v) is 7.90. The van der Waals surface area contributed by atoms with Crippen molar-refractivity contribution in [1.82, 2.24) is 9.88 Å². The van der Waals surface area contributed by atoms with Gasteiger partial charge in [-0.3, -0.25) is 14.6 Å². The van der Waals surface area contributed by atoms with Crippen molar-refractivity contribution in [2.24, 2.45) is 0 Å². The lowest BCUT2D eigenvalue weighted by molar-refractivity contribution is -0.140. The van der Waals surface area contributed by atoms with Crippen molar-refractivity contribution in [2.75, 3.05) is 20.3 Å². The van der Waals surface area contributed by atoms with Gasteiger partial charge >= 0.3 is 0 Å². The Kier molecular flexibility index (Phi) is 6.97. The van der Waals surface area contributed by atoms with Gasteiger partial charge in [0.05, 0.1) is 41.7 Å². The fraction of sp³-hybridized carbons (Fsp3) is 0.348. The molecule has 1 aromatic heterocycles. The Bertz CT molecular complexity index is 1020. The first-order chi connectivity index (χ1) is 14.8. The van der Waals surface area contributed by atoms with Gasteiger partial charge in [0.1, 0.15) is 17.6 Å². The molecule has 2 heterocycles. The van der Waals surface area contributed by atoms with E-state index in [0.29, 0.717) is 5.69 Å².